The van der Waals surface area contributed by atoms with Crippen molar-refractivity contribution in [1.82, 2.24) is 14.6 Å². The molecular formula is C8H5BrF3N3. The van der Waals surface area contributed by atoms with Crippen LogP contribution in [0.15, 0.2) is 16.7 Å². The second-order valence-corrected chi connectivity index (χ2v) is 3.86. The lowest BCUT2D eigenvalue weighted by molar-refractivity contribution is -0.138. The first-order valence-electron chi connectivity index (χ1n) is 3.97. The Bertz CT molecular complexity index is 518. The molecule has 0 fully saturated rings. The Morgan fingerprint density at radius 3 is 2.60 bits per heavy atom. The number of rotatable bonds is 0. The predicted molar refractivity (Wildman–Crippen MR) is 50.4 cm³/mol. The van der Waals surface area contributed by atoms with Crippen LogP contribution in [0.4, 0.5) is 13.2 Å². The molecule has 0 N–H and O–H groups in total. The Hall–Kier alpha value is -1.11. The van der Waals surface area contributed by atoms with Crippen molar-refractivity contribution in [3.8, 4) is 0 Å². The lowest BCUT2D eigenvalue weighted by Crippen LogP contribution is -2.07. The molecule has 80 valence electrons. The lowest BCUT2D eigenvalue weighted by Gasteiger charge is -2.09. The van der Waals surface area contributed by atoms with Crippen LogP contribution in [0.5, 0.6) is 0 Å². The molecular weight excluding hydrogens is 275 g/mol. The van der Waals surface area contributed by atoms with Gasteiger partial charge in [-0.15, -0.1) is 10.2 Å². The van der Waals surface area contributed by atoms with Gasteiger partial charge < -0.3 is 0 Å². The third-order valence-corrected chi connectivity index (χ3v) is 2.60. The summed E-state index contributed by atoms with van der Waals surface area (Å²) in [5.41, 5.74) is -0.564. The topological polar surface area (TPSA) is 30.2 Å². The van der Waals surface area contributed by atoms with Crippen LogP contribution in [0.3, 0.4) is 0 Å². The van der Waals surface area contributed by atoms with E-state index in [9.17, 15) is 13.2 Å². The molecule has 0 atom stereocenters. The van der Waals surface area contributed by atoms with E-state index in [4.69, 9.17) is 0 Å². The number of alkyl halides is 3. The molecule has 0 aliphatic rings. The summed E-state index contributed by atoms with van der Waals surface area (Å²) >= 11 is 2.88. The second kappa shape index (κ2) is 3.19. The summed E-state index contributed by atoms with van der Waals surface area (Å²) in [6.07, 6.45) is -3.08. The first-order chi connectivity index (χ1) is 6.89. The van der Waals surface area contributed by atoms with E-state index >= 15 is 0 Å². The fraction of sp³-hybridized carbons (Fsp3) is 0.250. The predicted octanol–water partition coefficient (Wildman–Crippen LogP) is 2.82. The zero-order chi connectivity index (χ0) is 11.2. The average molecular weight is 280 g/mol. The molecule has 0 radical (unpaired) electrons. The van der Waals surface area contributed by atoms with Crippen LogP contribution in [-0.4, -0.2) is 14.6 Å². The van der Waals surface area contributed by atoms with E-state index in [2.05, 4.69) is 26.1 Å². The summed E-state index contributed by atoms with van der Waals surface area (Å²) in [5.74, 6) is 0.541. The first kappa shape index (κ1) is 10.4. The third-order valence-electron chi connectivity index (χ3n) is 1.97. The number of fused-ring (bicyclic) bond motifs is 1. The molecule has 0 aromatic carbocycles. The van der Waals surface area contributed by atoms with Crippen LogP contribution in [0.1, 0.15) is 11.4 Å². The number of pyridine rings is 1. The molecule has 2 heterocycles. The highest BCUT2D eigenvalue weighted by Gasteiger charge is 2.33. The molecule has 2 rings (SSSR count). The number of aromatic nitrogens is 3. The molecule has 0 aliphatic carbocycles. The van der Waals surface area contributed by atoms with Gasteiger partial charge in [-0.1, -0.05) is 0 Å². The minimum atomic E-state index is -4.39. The highest BCUT2D eigenvalue weighted by Crippen LogP contribution is 2.35. The summed E-state index contributed by atoms with van der Waals surface area (Å²) in [4.78, 5) is 0. The number of hydrogen-bond acceptors (Lipinski definition) is 2. The maximum atomic E-state index is 12.5. The van der Waals surface area contributed by atoms with E-state index in [0.29, 0.717) is 5.82 Å². The molecule has 0 aliphatic heterocycles. The van der Waals surface area contributed by atoms with Crippen molar-refractivity contribution < 1.29 is 13.2 Å². The van der Waals surface area contributed by atoms with Crippen molar-refractivity contribution in [3.63, 3.8) is 0 Å². The summed E-state index contributed by atoms with van der Waals surface area (Å²) in [6, 6.07) is 0.962. The van der Waals surface area contributed by atoms with Gasteiger partial charge in [-0.25, -0.2) is 0 Å². The number of hydrogen-bond donors (Lipinski definition) is 0. The van der Waals surface area contributed by atoms with Gasteiger partial charge in [0, 0.05) is 10.7 Å². The molecule has 7 heteroatoms. The van der Waals surface area contributed by atoms with Crippen molar-refractivity contribution in [2.75, 3.05) is 0 Å². The number of aryl methyl sites for hydroxylation is 1. The van der Waals surface area contributed by atoms with Crippen LogP contribution in [0.25, 0.3) is 5.65 Å². The van der Waals surface area contributed by atoms with E-state index in [-0.39, 0.29) is 10.1 Å². The number of halogens is 4. The zero-order valence-electron chi connectivity index (χ0n) is 7.51. The number of nitrogens with zero attached hydrogens (tertiary/aromatic N) is 3. The molecule has 2 aromatic rings. The summed E-state index contributed by atoms with van der Waals surface area (Å²) < 4.78 is 39.0. The summed E-state index contributed by atoms with van der Waals surface area (Å²) in [7, 11) is 0. The largest absolute Gasteiger partial charge is 0.417 e. The van der Waals surface area contributed by atoms with Crippen molar-refractivity contribution >= 4 is 21.6 Å². The van der Waals surface area contributed by atoms with Gasteiger partial charge in [0.05, 0.1) is 5.56 Å². The van der Waals surface area contributed by atoms with E-state index in [0.717, 1.165) is 6.07 Å². The van der Waals surface area contributed by atoms with Gasteiger partial charge in [0.1, 0.15) is 5.82 Å². The minimum Gasteiger partial charge on any atom is -0.286 e. The van der Waals surface area contributed by atoms with Gasteiger partial charge in [-0.05, 0) is 28.9 Å². The molecule has 15 heavy (non-hydrogen) atoms. The van der Waals surface area contributed by atoms with Gasteiger partial charge in [-0.3, -0.25) is 4.40 Å². The maximum Gasteiger partial charge on any atom is 0.417 e. The molecule has 0 unspecified atom stereocenters. The van der Waals surface area contributed by atoms with E-state index in [1.165, 1.54) is 10.6 Å². The summed E-state index contributed by atoms with van der Waals surface area (Å²) in [6.45, 7) is 1.67. The van der Waals surface area contributed by atoms with Crippen LogP contribution in [0.2, 0.25) is 0 Å². The fourth-order valence-corrected chi connectivity index (χ4v) is 1.79. The molecule has 0 saturated heterocycles. The molecule has 0 amide bonds. The minimum absolute atomic E-state index is 0.0228. The highest BCUT2D eigenvalue weighted by molar-refractivity contribution is 9.10. The van der Waals surface area contributed by atoms with Crippen LogP contribution in [0, 0.1) is 6.92 Å². The smallest absolute Gasteiger partial charge is 0.286 e. The molecule has 0 bridgehead atoms. The second-order valence-electron chi connectivity index (χ2n) is 3.01. The van der Waals surface area contributed by atoms with Gasteiger partial charge >= 0.3 is 6.18 Å². The van der Waals surface area contributed by atoms with Gasteiger partial charge in [0.25, 0.3) is 0 Å². The van der Waals surface area contributed by atoms with Crippen LogP contribution in [-0.2, 0) is 6.18 Å². The van der Waals surface area contributed by atoms with Crippen LogP contribution >= 0.6 is 15.9 Å². The Morgan fingerprint density at radius 2 is 2.00 bits per heavy atom. The molecule has 3 nitrogen and oxygen atoms in total. The van der Waals surface area contributed by atoms with Crippen molar-refractivity contribution in [1.29, 1.82) is 0 Å². The maximum absolute atomic E-state index is 12.5. The van der Waals surface area contributed by atoms with Crippen molar-refractivity contribution in [2.24, 2.45) is 0 Å². The van der Waals surface area contributed by atoms with E-state index < -0.39 is 11.7 Å². The summed E-state index contributed by atoms with van der Waals surface area (Å²) in [5, 5.41) is 7.31. The average Bonchev–Trinajstić information content (AvgIpc) is 2.45. The first-order valence-corrected chi connectivity index (χ1v) is 4.77. The standard InChI is InChI=1S/C8H5BrF3N3/c1-4-13-14-7-2-5(8(10,11)12)6(9)3-15(4)7/h2-3H,1H3. The fourth-order valence-electron chi connectivity index (χ4n) is 1.24. The Kier molecular flexibility index (Phi) is 2.22. The quantitative estimate of drug-likeness (QED) is 0.742. The molecule has 0 saturated carbocycles. The highest BCUT2D eigenvalue weighted by atomic mass is 79.9. The van der Waals surface area contributed by atoms with Gasteiger partial charge in [0.2, 0.25) is 0 Å². The zero-order valence-corrected chi connectivity index (χ0v) is 9.09. The van der Waals surface area contributed by atoms with E-state index in [1.54, 1.807) is 6.92 Å². The normalized spacial score (nSPS) is 12.3. The van der Waals surface area contributed by atoms with Crippen LogP contribution < -0.4 is 0 Å². The Morgan fingerprint density at radius 1 is 1.33 bits per heavy atom. The lowest BCUT2D eigenvalue weighted by atomic mass is 10.2. The third kappa shape index (κ3) is 1.71. The van der Waals surface area contributed by atoms with Crippen molar-refractivity contribution in [2.45, 2.75) is 13.1 Å². The van der Waals surface area contributed by atoms with Gasteiger partial charge in [-0.2, -0.15) is 13.2 Å². The molecule has 2 aromatic heterocycles. The Balaban J connectivity index is 2.74. The molecule has 0 spiro atoms. The monoisotopic (exact) mass is 279 g/mol. The SMILES string of the molecule is Cc1nnc2cc(C(F)(F)F)c(Br)cn12. The van der Waals surface area contributed by atoms with E-state index in [1.807, 2.05) is 0 Å². The van der Waals surface area contributed by atoms with Gasteiger partial charge in [0.15, 0.2) is 5.65 Å². The Labute approximate surface area is 91.1 Å². The van der Waals surface area contributed by atoms with Crippen molar-refractivity contribution in [3.05, 3.63) is 28.1 Å².